The van der Waals surface area contributed by atoms with Crippen LogP contribution in [0.4, 0.5) is 4.79 Å². The molecule has 0 aromatic rings. The highest BCUT2D eigenvalue weighted by atomic mass is 16.6. The lowest BCUT2D eigenvalue weighted by atomic mass is 9.85. The monoisotopic (exact) mass is 184 g/mol. The fourth-order valence-corrected chi connectivity index (χ4v) is 2.03. The van der Waals surface area contributed by atoms with Gasteiger partial charge in [0.1, 0.15) is 0 Å². The average Bonchev–Trinajstić information content (AvgIpc) is 2.07. The third-order valence-electron chi connectivity index (χ3n) is 2.90. The molecule has 0 saturated carbocycles. The Morgan fingerprint density at radius 1 is 1.69 bits per heavy atom. The molecule has 13 heavy (non-hydrogen) atoms. The van der Waals surface area contributed by atoms with Crippen LogP contribution in [0, 0.1) is 5.92 Å². The summed E-state index contributed by atoms with van der Waals surface area (Å²) in [4.78, 5) is 13.2. The molecule has 2 rings (SSSR count). The number of nitrogens with one attached hydrogen (secondary N) is 1. The summed E-state index contributed by atoms with van der Waals surface area (Å²) in [5.74, 6) is 0.665. The van der Waals surface area contributed by atoms with E-state index < -0.39 is 0 Å². The summed E-state index contributed by atoms with van der Waals surface area (Å²) in [6, 6.07) is 0.658. The number of carbonyl (C=O) groups excluding carboxylic acids is 1. The van der Waals surface area contributed by atoms with Crippen molar-refractivity contribution in [1.29, 1.82) is 0 Å². The normalized spacial score (nSPS) is 31.9. The van der Waals surface area contributed by atoms with Gasteiger partial charge in [0, 0.05) is 31.6 Å². The number of likely N-dealkylation sites (tertiary alicyclic amines) is 1. The largest absolute Gasteiger partial charge is 0.450 e. The van der Waals surface area contributed by atoms with E-state index in [1.807, 2.05) is 11.8 Å². The number of rotatable bonds is 1. The molecule has 0 aromatic carbocycles. The van der Waals surface area contributed by atoms with Gasteiger partial charge in [0.25, 0.3) is 0 Å². The van der Waals surface area contributed by atoms with Crippen molar-refractivity contribution in [3.05, 3.63) is 0 Å². The predicted molar refractivity (Wildman–Crippen MR) is 48.5 cm³/mol. The second-order valence-electron chi connectivity index (χ2n) is 3.71. The second kappa shape index (κ2) is 3.54. The molecule has 2 aliphatic rings. The zero-order valence-electron chi connectivity index (χ0n) is 7.95. The topological polar surface area (TPSA) is 41.6 Å². The first-order valence-corrected chi connectivity index (χ1v) is 4.96. The minimum atomic E-state index is -0.146. The molecule has 1 N–H and O–H groups in total. The van der Waals surface area contributed by atoms with Gasteiger partial charge >= 0.3 is 6.09 Å². The van der Waals surface area contributed by atoms with Crippen LogP contribution < -0.4 is 5.32 Å². The summed E-state index contributed by atoms with van der Waals surface area (Å²) >= 11 is 0. The van der Waals surface area contributed by atoms with Gasteiger partial charge in [-0.1, -0.05) is 0 Å². The van der Waals surface area contributed by atoms with Crippen LogP contribution in [0.3, 0.4) is 0 Å². The summed E-state index contributed by atoms with van der Waals surface area (Å²) in [6.45, 7) is 5.08. The first-order chi connectivity index (χ1) is 6.31. The van der Waals surface area contributed by atoms with E-state index in [0.717, 1.165) is 26.1 Å². The number of amides is 1. The van der Waals surface area contributed by atoms with Crippen molar-refractivity contribution in [2.45, 2.75) is 19.4 Å². The minimum Gasteiger partial charge on any atom is -0.450 e. The maximum atomic E-state index is 11.4. The number of fused-ring (bicyclic) bond motifs is 1. The Bertz CT molecular complexity index is 208. The number of piperidine rings is 1. The smallest absolute Gasteiger partial charge is 0.409 e. The Morgan fingerprint density at radius 2 is 2.54 bits per heavy atom. The Hall–Kier alpha value is -0.770. The van der Waals surface area contributed by atoms with Crippen LogP contribution in [0.5, 0.6) is 0 Å². The molecule has 0 radical (unpaired) electrons. The van der Waals surface area contributed by atoms with Crippen molar-refractivity contribution in [2.75, 3.05) is 26.2 Å². The number of ether oxygens (including phenoxy) is 1. The third kappa shape index (κ3) is 1.63. The first-order valence-electron chi connectivity index (χ1n) is 4.96. The van der Waals surface area contributed by atoms with Crippen molar-refractivity contribution in [2.24, 2.45) is 5.92 Å². The molecule has 2 saturated heterocycles. The van der Waals surface area contributed by atoms with E-state index >= 15 is 0 Å². The summed E-state index contributed by atoms with van der Waals surface area (Å²) in [6.07, 6.45) is 0.927. The number of hydrogen-bond donors (Lipinski definition) is 1. The molecule has 4 heteroatoms. The number of carbonyl (C=O) groups is 1. The summed E-state index contributed by atoms with van der Waals surface area (Å²) in [5.41, 5.74) is 0. The summed E-state index contributed by atoms with van der Waals surface area (Å²) in [5, 5.41) is 3.36. The molecular weight excluding hydrogens is 168 g/mol. The van der Waals surface area contributed by atoms with Crippen LogP contribution in [0.25, 0.3) is 0 Å². The SMILES string of the molecule is CCOC(=O)N1CCC2NCC2C1. The average molecular weight is 184 g/mol. The Kier molecular flexibility index (Phi) is 2.40. The van der Waals surface area contributed by atoms with Gasteiger partial charge in [0.05, 0.1) is 6.61 Å². The van der Waals surface area contributed by atoms with Crippen molar-refractivity contribution in [3.8, 4) is 0 Å². The van der Waals surface area contributed by atoms with Gasteiger partial charge in [-0.3, -0.25) is 0 Å². The van der Waals surface area contributed by atoms with Gasteiger partial charge in [-0.2, -0.15) is 0 Å². The van der Waals surface area contributed by atoms with Crippen molar-refractivity contribution in [1.82, 2.24) is 10.2 Å². The van der Waals surface area contributed by atoms with Crippen LogP contribution in [0.2, 0.25) is 0 Å². The fraction of sp³-hybridized carbons (Fsp3) is 0.889. The van der Waals surface area contributed by atoms with E-state index in [1.165, 1.54) is 0 Å². The number of nitrogens with zero attached hydrogens (tertiary/aromatic N) is 1. The number of hydrogen-bond acceptors (Lipinski definition) is 3. The van der Waals surface area contributed by atoms with Gasteiger partial charge in [0.15, 0.2) is 0 Å². The Balaban J connectivity index is 1.84. The van der Waals surface area contributed by atoms with Crippen molar-refractivity contribution >= 4 is 6.09 Å². The van der Waals surface area contributed by atoms with Gasteiger partial charge in [-0.15, -0.1) is 0 Å². The second-order valence-corrected chi connectivity index (χ2v) is 3.71. The highest BCUT2D eigenvalue weighted by molar-refractivity contribution is 5.67. The predicted octanol–water partition coefficient (Wildman–Crippen LogP) is 0.437. The van der Waals surface area contributed by atoms with Gasteiger partial charge < -0.3 is 15.0 Å². The highest BCUT2D eigenvalue weighted by Crippen LogP contribution is 2.23. The molecule has 2 unspecified atom stereocenters. The third-order valence-corrected chi connectivity index (χ3v) is 2.90. The van der Waals surface area contributed by atoms with Crippen LogP contribution in [0.1, 0.15) is 13.3 Å². The minimum absolute atomic E-state index is 0.146. The molecule has 2 aliphatic heterocycles. The standard InChI is InChI=1S/C9H16N2O2/c1-2-13-9(12)11-4-3-8-7(6-11)5-10-8/h7-8,10H,2-6H2,1H3. The fourth-order valence-electron chi connectivity index (χ4n) is 2.03. The zero-order valence-corrected chi connectivity index (χ0v) is 7.95. The highest BCUT2D eigenvalue weighted by Gasteiger charge is 2.37. The first kappa shape index (κ1) is 8.81. The van der Waals surface area contributed by atoms with Crippen molar-refractivity contribution in [3.63, 3.8) is 0 Å². The summed E-state index contributed by atoms with van der Waals surface area (Å²) in [7, 11) is 0. The van der Waals surface area contributed by atoms with Crippen LogP contribution in [-0.2, 0) is 4.74 Å². The quantitative estimate of drug-likeness (QED) is 0.643. The molecule has 1 amide bonds. The van der Waals surface area contributed by atoms with Crippen LogP contribution >= 0.6 is 0 Å². The molecular formula is C9H16N2O2. The van der Waals surface area contributed by atoms with E-state index in [2.05, 4.69) is 5.32 Å². The Labute approximate surface area is 78.2 Å². The lowest BCUT2D eigenvalue weighted by Gasteiger charge is -2.45. The van der Waals surface area contributed by atoms with Crippen LogP contribution in [0.15, 0.2) is 0 Å². The Morgan fingerprint density at radius 3 is 3.08 bits per heavy atom. The lowest BCUT2D eigenvalue weighted by molar-refractivity contribution is 0.0568. The maximum absolute atomic E-state index is 11.4. The van der Waals surface area contributed by atoms with Gasteiger partial charge in [-0.05, 0) is 13.3 Å². The van der Waals surface area contributed by atoms with E-state index in [1.54, 1.807) is 0 Å². The molecule has 2 fully saturated rings. The molecule has 2 atom stereocenters. The maximum Gasteiger partial charge on any atom is 0.409 e. The molecule has 2 heterocycles. The zero-order chi connectivity index (χ0) is 9.26. The molecule has 4 nitrogen and oxygen atoms in total. The molecule has 0 spiro atoms. The molecule has 0 bridgehead atoms. The van der Waals surface area contributed by atoms with E-state index in [0.29, 0.717) is 18.6 Å². The molecule has 0 aliphatic carbocycles. The van der Waals surface area contributed by atoms with Gasteiger partial charge in [-0.25, -0.2) is 4.79 Å². The van der Waals surface area contributed by atoms with Gasteiger partial charge in [0.2, 0.25) is 0 Å². The lowest BCUT2D eigenvalue weighted by Crippen LogP contribution is -2.62. The molecule has 0 aromatic heterocycles. The summed E-state index contributed by atoms with van der Waals surface area (Å²) < 4.78 is 4.96. The van der Waals surface area contributed by atoms with Crippen molar-refractivity contribution < 1.29 is 9.53 Å². The van der Waals surface area contributed by atoms with E-state index in [9.17, 15) is 4.79 Å². The van der Waals surface area contributed by atoms with E-state index in [-0.39, 0.29) is 6.09 Å². The van der Waals surface area contributed by atoms with E-state index in [4.69, 9.17) is 4.74 Å². The molecule has 74 valence electrons. The van der Waals surface area contributed by atoms with Crippen LogP contribution in [-0.4, -0.2) is 43.3 Å².